The number of hydrogen-bond donors (Lipinski definition) is 2. The summed E-state index contributed by atoms with van der Waals surface area (Å²) in [5, 5.41) is 19.9. The van der Waals surface area contributed by atoms with E-state index < -0.39 is 17.1 Å². The quantitative estimate of drug-likeness (QED) is 0.465. The van der Waals surface area contributed by atoms with E-state index in [2.05, 4.69) is 0 Å². The average molecular weight is 389 g/mol. The Morgan fingerprint density at radius 3 is 2.79 bits per heavy atom. The van der Waals surface area contributed by atoms with Crippen LogP contribution in [-0.4, -0.2) is 46.7 Å². The molecular weight excluding hydrogens is 366 g/mol. The van der Waals surface area contributed by atoms with Gasteiger partial charge < -0.3 is 24.3 Å². The minimum Gasteiger partial charge on any atom is -0.504 e. The minimum atomic E-state index is -0.738. The number of nitrogens with zero attached hydrogens (tertiary/aromatic N) is 1. The highest BCUT2D eigenvalue weighted by Crippen LogP contribution is 2.34. The fraction of sp³-hybridized carbons (Fsp3) is 0.450. The van der Waals surface area contributed by atoms with Gasteiger partial charge in [-0.25, -0.2) is 4.79 Å². The minimum absolute atomic E-state index is 0.112. The molecule has 0 spiro atoms. The highest BCUT2D eigenvalue weighted by Gasteiger charge is 2.30. The van der Waals surface area contributed by atoms with Crippen LogP contribution in [-0.2, 0) is 20.7 Å². The molecular formula is C20H23NO7. The van der Waals surface area contributed by atoms with Crippen LogP contribution in [0, 0.1) is 12.8 Å². The van der Waals surface area contributed by atoms with Crippen molar-refractivity contribution in [3.8, 4) is 11.5 Å². The largest absolute Gasteiger partial charge is 0.504 e. The molecule has 3 rings (SSSR count). The maximum Gasteiger partial charge on any atom is 0.340 e. The van der Waals surface area contributed by atoms with Crippen LogP contribution < -0.4 is 5.63 Å². The predicted molar refractivity (Wildman–Crippen MR) is 100 cm³/mol. The Morgan fingerprint density at radius 2 is 2.07 bits per heavy atom. The van der Waals surface area contributed by atoms with Crippen LogP contribution in [0.2, 0.25) is 0 Å². The van der Waals surface area contributed by atoms with Crippen LogP contribution in [0.15, 0.2) is 21.3 Å². The van der Waals surface area contributed by atoms with Crippen molar-refractivity contribution < 1.29 is 29.0 Å². The monoisotopic (exact) mass is 389 g/mol. The molecule has 150 valence electrons. The Balaban J connectivity index is 1.84. The Morgan fingerprint density at radius 1 is 1.32 bits per heavy atom. The lowest BCUT2D eigenvalue weighted by Gasteiger charge is -2.31. The molecule has 2 N–H and O–H groups in total. The summed E-state index contributed by atoms with van der Waals surface area (Å²) in [5.74, 6) is -1.84. The maximum absolute atomic E-state index is 12.8. The van der Waals surface area contributed by atoms with E-state index in [0.717, 1.165) is 0 Å². The van der Waals surface area contributed by atoms with Crippen LogP contribution in [0.4, 0.5) is 0 Å². The normalized spacial score (nSPS) is 16.9. The number of ether oxygens (including phenoxy) is 1. The number of fused-ring (bicyclic) bond motifs is 1. The second-order valence-electron chi connectivity index (χ2n) is 6.91. The predicted octanol–water partition coefficient (Wildman–Crippen LogP) is 1.86. The summed E-state index contributed by atoms with van der Waals surface area (Å²) in [7, 11) is 0. The van der Waals surface area contributed by atoms with Gasteiger partial charge in [-0.2, -0.15) is 0 Å². The van der Waals surface area contributed by atoms with Gasteiger partial charge in [-0.05, 0) is 44.4 Å². The Hall–Kier alpha value is -3.03. The molecule has 1 aliphatic heterocycles. The number of carbonyl (C=O) groups excluding carboxylic acids is 2. The molecule has 1 atom stereocenters. The fourth-order valence-electron chi connectivity index (χ4n) is 3.55. The summed E-state index contributed by atoms with van der Waals surface area (Å²) in [4.78, 5) is 38.7. The molecule has 1 aromatic heterocycles. The molecule has 0 radical (unpaired) electrons. The van der Waals surface area contributed by atoms with Gasteiger partial charge in [0.05, 0.1) is 24.5 Å². The summed E-state index contributed by atoms with van der Waals surface area (Å²) in [5.41, 5.74) is -0.146. The highest BCUT2D eigenvalue weighted by atomic mass is 16.5. The van der Waals surface area contributed by atoms with Crippen LogP contribution in [0.5, 0.6) is 11.5 Å². The SMILES string of the molecule is CCOC(=O)[C@H]1CCCN(C(=O)Cc2c(C)c3ccc(O)c(O)c3oc2=O)C1. The van der Waals surface area contributed by atoms with Crippen molar-refractivity contribution in [3.05, 3.63) is 33.7 Å². The first kappa shape index (κ1) is 19.7. The van der Waals surface area contributed by atoms with Gasteiger partial charge in [-0.15, -0.1) is 0 Å². The van der Waals surface area contributed by atoms with E-state index in [1.165, 1.54) is 12.1 Å². The smallest absolute Gasteiger partial charge is 0.340 e. The number of likely N-dealkylation sites (tertiary alicyclic amines) is 1. The van der Waals surface area contributed by atoms with Crippen molar-refractivity contribution in [3.63, 3.8) is 0 Å². The van der Waals surface area contributed by atoms with Crippen LogP contribution in [0.3, 0.4) is 0 Å². The van der Waals surface area contributed by atoms with Crippen molar-refractivity contribution >= 4 is 22.8 Å². The first-order valence-corrected chi connectivity index (χ1v) is 9.25. The zero-order valence-corrected chi connectivity index (χ0v) is 15.9. The number of phenols is 2. The first-order chi connectivity index (χ1) is 13.3. The number of phenolic OH excluding ortho intramolecular Hbond substituents is 2. The number of aromatic hydroxyl groups is 2. The van der Waals surface area contributed by atoms with Gasteiger partial charge in [0.25, 0.3) is 0 Å². The lowest BCUT2D eigenvalue weighted by atomic mass is 9.97. The zero-order chi connectivity index (χ0) is 20.4. The molecule has 0 saturated carbocycles. The molecule has 1 saturated heterocycles. The van der Waals surface area contributed by atoms with E-state index in [9.17, 15) is 24.6 Å². The molecule has 0 unspecified atom stereocenters. The number of aryl methyl sites for hydroxylation is 1. The van der Waals surface area contributed by atoms with Gasteiger partial charge in [0, 0.05) is 18.5 Å². The molecule has 1 amide bonds. The molecule has 0 aliphatic carbocycles. The number of carbonyl (C=O) groups is 2. The molecule has 2 aromatic rings. The van der Waals surface area contributed by atoms with Gasteiger partial charge in [-0.1, -0.05) is 0 Å². The van der Waals surface area contributed by atoms with Crippen molar-refractivity contribution in [1.82, 2.24) is 4.90 Å². The molecule has 8 nitrogen and oxygen atoms in total. The molecule has 0 bridgehead atoms. The first-order valence-electron chi connectivity index (χ1n) is 9.25. The van der Waals surface area contributed by atoms with E-state index in [1.54, 1.807) is 18.7 Å². The third-order valence-corrected chi connectivity index (χ3v) is 5.13. The van der Waals surface area contributed by atoms with Crippen molar-refractivity contribution in [1.29, 1.82) is 0 Å². The van der Waals surface area contributed by atoms with E-state index in [-0.39, 0.29) is 41.9 Å². The Labute approximate surface area is 161 Å². The fourth-order valence-corrected chi connectivity index (χ4v) is 3.55. The number of benzene rings is 1. The van der Waals surface area contributed by atoms with Gasteiger partial charge in [0.1, 0.15) is 0 Å². The number of amides is 1. The number of rotatable bonds is 4. The standard InChI is InChI=1S/C20H23NO7/c1-3-27-19(25)12-5-4-8-21(10-12)16(23)9-14-11(2)13-6-7-15(22)17(24)18(13)28-20(14)26/h6-7,12,22,24H,3-5,8-10H2,1-2H3/t12-/m0/s1. The van der Waals surface area contributed by atoms with E-state index in [1.807, 2.05) is 0 Å². The summed E-state index contributed by atoms with van der Waals surface area (Å²) < 4.78 is 10.2. The molecule has 8 heteroatoms. The number of esters is 1. The highest BCUT2D eigenvalue weighted by molar-refractivity contribution is 5.89. The molecule has 28 heavy (non-hydrogen) atoms. The van der Waals surface area contributed by atoms with Crippen molar-refractivity contribution in [2.24, 2.45) is 5.92 Å². The van der Waals surface area contributed by atoms with Crippen LogP contribution in [0.1, 0.15) is 30.9 Å². The zero-order valence-electron chi connectivity index (χ0n) is 15.9. The molecule has 1 fully saturated rings. The van der Waals surface area contributed by atoms with Gasteiger partial charge in [0.2, 0.25) is 11.7 Å². The maximum atomic E-state index is 12.8. The third kappa shape index (κ3) is 3.67. The molecule has 1 aromatic carbocycles. The number of piperidine rings is 1. The lowest BCUT2D eigenvalue weighted by Crippen LogP contribution is -2.43. The Kier molecular flexibility index (Phi) is 5.58. The van der Waals surface area contributed by atoms with Crippen LogP contribution in [0.25, 0.3) is 11.0 Å². The lowest BCUT2D eigenvalue weighted by molar-refractivity contribution is -0.151. The summed E-state index contributed by atoms with van der Waals surface area (Å²) in [6.07, 6.45) is 1.19. The third-order valence-electron chi connectivity index (χ3n) is 5.13. The van der Waals surface area contributed by atoms with Crippen molar-refractivity contribution in [2.75, 3.05) is 19.7 Å². The topological polar surface area (TPSA) is 117 Å². The molecule has 1 aliphatic rings. The van der Waals surface area contributed by atoms with Crippen molar-refractivity contribution in [2.45, 2.75) is 33.1 Å². The second kappa shape index (κ2) is 7.92. The van der Waals surface area contributed by atoms with Crippen LogP contribution >= 0.6 is 0 Å². The van der Waals surface area contributed by atoms with E-state index >= 15 is 0 Å². The summed E-state index contributed by atoms with van der Waals surface area (Å²) >= 11 is 0. The summed E-state index contributed by atoms with van der Waals surface area (Å²) in [6, 6.07) is 2.82. The summed E-state index contributed by atoms with van der Waals surface area (Å²) in [6.45, 7) is 4.48. The van der Waals surface area contributed by atoms with Gasteiger partial charge in [0.15, 0.2) is 11.3 Å². The van der Waals surface area contributed by atoms with Gasteiger partial charge in [-0.3, -0.25) is 9.59 Å². The van der Waals surface area contributed by atoms with E-state index in [0.29, 0.717) is 36.9 Å². The second-order valence-corrected chi connectivity index (χ2v) is 6.91. The average Bonchev–Trinajstić information content (AvgIpc) is 2.68. The van der Waals surface area contributed by atoms with Gasteiger partial charge >= 0.3 is 11.6 Å². The Bertz CT molecular complexity index is 979. The van der Waals surface area contributed by atoms with E-state index in [4.69, 9.17) is 9.15 Å². The number of hydrogen-bond acceptors (Lipinski definition) is 7. The molecule has 2 heterocycles.